The number of benzene rings is 2. The van der Waals surface area contributed by atoms with Crippen molar-refractivity contribution in [1.29, 1.82) is 0 Å². The van der Waals surface area contributed by atoms with E-state index in [1.54, 1.807) is 30.0 Å². The van der Waals surface area contributed by atoms with E-state index >= 15 is 0 Å². The van der Waals surface area contributed by atoms with E-state index in [1.807, 2.05) is 45.2 Å². The first kappa shape index (κ1) is 18.1. The molecule has 3 aromatic rings. The van der Waals surface area contributed by atoms with Gasteiger partial charge in [-0.15, -0.1) is 0 Å². The highest BCUT2D eigenvalue weighted by Gasteiger charge is 2.19. The van der Waals surface area contributed by atoms with Gasteiger partial charge in [0.05, 0.1) is 10.6 Å². The number of aryl methyl sites for hydroxylation is 4. The molecule has 0 fully saturated rings. The van der Waals surface area contributed by atoms with E-state index in [9.17, 15) is 8.42 Å². The van der Waals surface area contributed by atoms with Crippen molar-refractivity contribution in [3.05, 3.63) is 59.3 Å². The first-order chi connectivity index (χ1) is 12.8. The summed E-state index contributed by atoms with van der Waals surface area (Å²) in [4.78, 5) is 4.95. The van der Waals surface area contributed by atoms with Crippen LogP contribution < -0.4 is 4.72 Å². The van der Waals surface area contributed by atoms with Crippen LogP contribution >= 0.6 is 11.8 Å². The second-order valence-corrected chi connectivity index (χ2v) is 9.55. The summed E-state index contributed by atoms with van der Waals surface area (Å²) < 4.78 is 30.4. The lowest BCUT2D eigenvalue weighted by Gasteiger charge is -2.13. The van der Waals surface area contributed by atoms with Gasteiger partial charge in [-0.05, 0) is 55.7 Å². The van der Waals surface area contributed by atoms with E-state index in [-0.39, 0.29) is 0 Å². The third-order valence-electron chi connectivity index (χ3n) is 4.82. The molecule has 4 rings (SSSR count). The Bertz CT molecular complexity index is 1100. The first-order valence-corrected chi connectivity index (χ1v) is 11.2. The van der Waals surface area contributed by atoms with Crippen molar-refractivity contribution in [1.82, 2.24) is 9.55 Å². The number of fused-ring (bicyclic) bond motifs is 1. The predicted molar refractivity (Wildman–Crippen MR) is 110 cm³/mol. The molecular weight excluding hydrogens is 378 g/mol. The quantitative estimate of drug-likeness (QED) is 0.707. The smallest absolute Gasteiger partial charge is 0.262 e. The Morgan fingerprint density at radius 1 is 1.04 bits per heavy atom. The molecule has 0 amide bonds. The van der Waals surface area contributed by atoms with Gasteiger partial charge in [0.25, 0.3) is 10.0 Å². The number of nitrogens with zero attached hydrogens (tertiary/aromatic N) is 2. The van der Waals surface area contributed by atoms with Gasteiger partial charge in [0.15, 0.2) is 5.16 Å². The lowest BCUT2D eigenvalue weighted by atomic mass is 10.1. The molecule has 0 atom stereocenters. The Hall–Kier alpha value is -2.25. The van der Waals surface area contributed by atoms with Crippen molar-refractivity contribution < 1.29 is 8.42 Å². The van der Waals surface area contributed by atoms with Gasteiger partial charge in [0, 0.05) is 29.7 Å². The summed E-state index contributed by atoms with van der Waals surface area (Å²) in [5.41, 5.74) is 5.21. The molecule has 1 aliphatic rings. The number of hydrogen-bond acceptors (Lipinski definition) is 4. The molecule has 0 saturated carbocycles. The largest absolute Gasteiger partial charge is 0.325 e. The van der Waals surface area contributed by atoms with Crippen molar-refractivity contribution in [2.75, 3.05) is 10.5 Å². The number of anilines is 1. The summed E-state index contributed by atoms with van der Waals surface area (Å²) in [5, 5.41) is 1.04. The van der Waals surface area contributed by atoms with E-state index in [0.717, 1.165) is 45.4 Å². The van der Waals surface area contributed by atoms with Crippen LogP contribution in [0.2, 0.25) is 0 Å². The summed E-state index contributed by atoms with van der Waals surface area (Å²) in [7, 11) is -3.63. The van der Waals surface area contributed by atoms with Gasteiger partial charge in [-0.3, -0.25) is 4.72 Å². The monoisotopic (exact) mass is 399 g/mol. The van der Waals surface area contributed by atoms with Crippen LogP contribution in [0.1, 0.15) is 16.7 Å². The van der Waals surface area contributed by atoms with Gasteiger partial charge < -0.3 is 4.57 Å². The molecule has 0 bridgehead atoms. The Morgan fingerprint density at radius 2 is 1.74 bits per heavy atom. The molecule has 0 radical (unpaired) electrons. The molecule has 1 aliphatic heterocycles. The number of rotatable bonds is 4. The molecule has 0 aliphatic carbocycles. The van der Waals surface area contributed by atoms with E-state index in [0.29, 0.717) is 10.6 Å². The number of sulfonamides is 1. The summed E-state index contributed by atoms with van der Waals surface area (Å²) >= 11 is 1.76. The summed E-state index contributed by atoms with van der Waals surface area (Å²) in [6.07, 6.45) is 2.05. The minimum atomic E-state index is -3.63. The predicted octanol–water partition coefficient (Wildman–Crippen LogP) is 4.38. The van der Waals surface area contributed by atoms with Crippen molar-refractivity contribution in [3.8, 4) is 11.3 Å². The Labute approximate surface area is 163 Å². The molecule has 1 N–H and O–H groups in total. The molecule has 140 valence electrons. The van der Waals surface area contributed by atoms with Gasteiger partial charge in [-0.25, -0.2) is 13.4 Å². The average molecular weight is 400 g/mol. The average Bonchev–Trinajstić information content (AvgIpc) is 3.20. The number of hydrogen-bond donors (Lipinski definition) is 1. The van der Waals surface area contributed by atoms with Crippen molar-refractivity contribution in [2.45, 2.75) is 37.4 Å². The van der Waals surface area contributed by atoms with Gasteiger partial charge in [0.2, 0.25) is 0 Å². The summed E-state index contributed by atoms with van der Waals surface area (Å²) in [6, 6.07) is 11.0. The minimum absolute atomic E-state index is 0.317. The van der Waals surface area contributed by atoms with Gasteiger partial charge in [-0.1, -0.05) is 30.0 Å². The van der Waals surface area contributed by atoms with E-state index < -0.39 is 10.0 Å². The molecule has 5 nitrogen and oxygen atoms in total. The van der Waals surface area contributed by atoms with Crippen LogP contribution in [0.4, 0.5) is 5.69 Å². The lowest BCUT2D eigenvalue weighted by Crippen LogP contribution is -2.14. The van der Waals surface area contributed by atoms with Crippen LogP contribution in [-0.2, 0) is 16.6 Å². The van der Waals surface area contributed by atoms with Crippen LogP contribution in [0.15, 0.2) is 52.6 Å². The summed E-state index contributed by atoms with van der Waals surface area (Å²) in [6.45, 7) is 6.71. The molecule has 2 aromatic carbocycles. The third kappa shape index (κ3) is 3.49. The minimum Gasteiger partial charge on any atom is -0.325 e. The highest BCUT2D eigenvalue weighted by atomic mass is 32.2. The SMILES string of the molecule is Cc1cc(C)c(S(=O)(=O)Nc2ccc(-c3cn4c(n3)SCC4)cc2)cc1C. The molecule has 2 heterocycles. The molecule has 1 aromatic heterocycles. The van der Waals surface area contributed by atoms with Gasteiger partial charge in [0.1, 0.15) is 0 Å². The first-order valence-electron chi connectivity index (χ1n) is 8.74. The number of imidazole rings is 1. The maximum Gasteiger partial charge on any atom is 0.262 e. The van der Waals surface area contributed by atoms with Gasteiger partial charge >= 0.3 is 0 Å². The second kappa shape index (κ2) is 6.73. The second-order valence-electron chi connectivity index (χ2n) is 6.84. The highest BCUT2D eigenvalue weighted by molar-refractivity contribution is 7.99. The molecular formula is C20H21N3O2S2. The molecule has 0 spiro atoms. The maximum absolute atomic E-state index is 12.8. The highest BCUT2D eigenvalue weighted by Crippen LogP contribution is 2.30. The van der Waals surface area contributed by atoms with E-state index in [4.69, 9.17) is 0 Å². The fourth-order valence-corrected chi connectivity index (χ4v) is 5.51. The van der Waals surface area contributed by atoms with Crippen molar-refractivity contribution in [2.24, 2.45) is 0 Å². The lowest BCUT2D eigenvalue weighted by molar-refractivity contribution is 0.600. The zero-order chi connectivity index (χ0) is 19.2. The van der Waals surface area contributed by atoms with Crippen LogP contribution in [0, 0.1) is 20.8 Å². The topological polar surface area (TPSA) is 64.0 Å². The maximum atomic E-state index is 12.8. The Balaban J connectivity index is 1.58. The standard InChI is InChI=1S/C20H21N3O2S2/c1-13-10-15(3)19(11-14(13)2)27(24,25)22-17-6-4-16(5-7-17)18-12-23-8-9-26-20(23)21-18/h4-7,10-12,22H,8-9H2,1-3H3. The zero-order valence-corrected chi connectivity index (χ0v) is 17.1. The van der Waals surface area contributed by atoms with E-state index in [1.165, 1.54) is 0 Å². The van der Waals surface area contributed by atoms with Crippen LogP contribution in [-0.4, -0.2) is 23.7 Å². The Kier molecular flexibility index (Phi) is 4.52. The number of thioether (sulfide) groups is 1. The zero-order valence-electron chi connectivity index (χ0n) is 15.5. The van der Waals surface area contributed by atoms with Gasteiger partial charge in [-0.2, -0.15) is 0 Å². The molecule has 27 heavy (non-hydrogen) atoms. The number of nitrogens with one attached hydrogen (secondary N) is 1. The van der Waals surface area contributed by atoms with Crippen LogP contribution in [0.25, 0.3) is 11.3 Å². The van der Waals surface area contributed by atoms with Crippen molar-refractivity contribution in [3.63, 3.8) is 0 Å². The number of aromatic nitrogens is 2. The molecule has 0 unspecified atom stereocenters. The van der Waals surface area contributed by atoms with Crippen LogP contribution in [0.5, 0.6) is 0 Å². The summed E-state index contributed by atoms with van der Waals surface area (Å²) in [5.74, 6) is 1.07. The van der Waals surface area contributed by atoms with Crippen LogP contribution in [0.3, 0.4) is 0 Å². The fourth-order valence-electron chi connectivity index (χ4n) is 3.19. The molecule has 0 saturated heterocycles. The fraction of sp³-hybridized carbons (Fsp3) is 0.250. The van der Waals surface area contributed by atoms with Crippen molar-refractivity contribution >= 4 is 27.5 Å². The molecule has 7 heteroatoms. The normalized spacial score (nSPS) is 13.6. The van der Waals surface area contributed by atoms with E-state index in [2.05, 4.69) is 14.3 Å². The Morgan fingerprint density at radius 3 is 2.44 bits per heavy atom. The third-order valence-corrected chi connectivity index (χ3v) is 7.31.